The van der Waals surface area contributed by atoms with Gasteiger partial charge in [-0.25, -0.2) is 0 Å². The Bertz CT molecular complexity index is 986. The summed E-state index contributed by atoms with van der Waals surface area (Å²) in [6, 6.07) is 9.86. The van der Waals surface area contributed by atoms with E-state index in [-0.39, 0.29) is 17.9 Å². The molecule has 2 amide bonds. The number of aryl methyl sites for hydroxylation is 2. The minimum absolute atomic E-state index is 0.0124. The maximum atomic E-state index is 13.5. The number of likely N-dealkylation sites (tertiary alicyclic amines) is 1. The lowest BCUT2D eigenvalue weighted by molar-refractivity contribution is -0.121. The quantitative estimate of drug-likeness (QED) is 0.867. The molecule has 5 heteroatoms. The van der Waals surface area contributed by atoms with Crippen LogP contribution in [0.2, 0.25) is 0 Å². The molecule has 1 fully saturated rings. The van der Waals surface area contributed by atoms with Gasteiger partial charge in [0.2, 0.25) is 5.91 Å². The molecule has 5 rings (SSSR count). The van der Waals surface area contributed by atoms with Gasteiger partial charge in [0.1, 0.15) is 0 Å². The Morgan fingerprint density at radius 3 is 2.97 bits per heavy atom. The molecular formula is C24H27N3O2. The van der Waals surface area contributed by atoms with E-state index in [1.807, 2.05) is 35.2 Å². The Hall–Kier alpha value is -2.69. The first-order valence-corrected chi connectivity index (χ1v) is 10.8. The smallest absolute Gasteiger partial charge is 0.255 e. The van der Waals surface area contributed by atoms with E-state index in [0.717, 1.165) is 49.0 Å². The van der Waals surface area contributed by atoms with Crippen molar-refractivity contribution in [1.82, 2.24) is 9.88 Å². The third-order valence-corrected chi connectivity index (χ3v) is 6.99. The summed E-state index contributed by atoms with van der Waals surface area (Å²) < 4.78 is 0. The van der Waals surface area contributed by atoms with E-state index in [1.54, 1.807) is 6.20 Å². The van der Waals surface area contributed by atoms with E-state index in [1.165, 1.54) is 12.0 Å². The number of nitrogens with one attached hydrogen (secondary N) is 1. The van der Waals surface area contributed by atoms with Crippen molar-refractivity contribution in [1.29, 1.82) is 0 Å². The highest BCUT2D eigenvalue weighted by Gasteiger charge is 2.58. The lowest BCUT2D eigenvalue weighted by atomic mass is 9.73. The molecule has 5 nitrogen and oxygen atoms in total. The number of hydrogen-bond donors (Lipinski definition) is 1. The van der Waals surface area contributed by atoms with Gasteiger partial charge in [0, 0.05) is 24.1 Å². The summed E-state index contributed by atoms with van der Waals surface area (Å²) >= 11 is 0. The van der Waals surface area contributed by atoms with E-state index in [2.05, 4.69) is 17.2 Å². The van der Waals surface area contributed by atoms with Crippen LogP contribution in [0.5, 0.6) is 0 Å². The molecule has 0 radical (unpaired) electrons. The SMILES string of the molecule is CCC[C@@H]1N(C(=O)c2cnc3c(c2)CCCC3)CC[C@]12C(=O)Nc1ccccc12. The molecule has 1 aromatic heterocycles. The van der Waals surface area contributed by atoms with Crippen molar-refractivity contribution < 1.29 is 9.59 Å². The normalized spacial score (nSPS) is 25.1. The molecule has 1 saturated heterocycles. The van der Waals surface area contributed by atoms with Gasteiger partial charge in [-0.3, -0.25) is 14.6 Å². The second-order valence-corrected chi connectivity index (χ2v) is 8.56. The Kier molecular flexibility index (Phi) is 4.41. The highest BCUT2D eigenvalue weighted by molar-refractivity contribution is 6.08. The summed E-state index contributed by atoms with van der Waals surface area (Å²) in [5.74, 6) is 0.0504. The van der Waals surface area contributed by atoms with E-state index >= 15 is 0 Å². The lowest BCUT2D eigenvalue weighted by Gasteiger charge is -2.34. The molecular weight excluding hydrogens is 362 g/mol. The molecule has 1 aromatic carbocycles. The van der Waals surface area contributed by atoms with Crippen molar-refractivity contribution >= 4 is 17.5 Å². The van der Waals surface area contributed by atoms with Crippen molar-refractivity contribution in [2.24, 2.45) is 0 Å². The zero-order chi connectivity index (χ0) is 20.0. The first-order chi connectivity index (χ1) is 14.1. The van der Waals surface area contributed by atoms with Gasteiger partial charge in [-0.15, -0.1) is 0 Å². The number of benzene rings is 1. The van der Waals surface area contributed by atoms with Gasteiger partial charge in [0.25, 0.3) is 5.91 Å². The number of aromatic nitrogens is 1. The fourth-order valence-electron chi connectivity index (χ4n) is 5.59. The van der Waals surface area contributed by atoms with Crippen molar-refractivity contribution in [2.45, 2.75) is 63.3 Å². The summed E-state index contributed by atoms with van der Waals surface area (Å²) in [5.41, 5.74) is 4.32. The second-order valence-electron chi connectivity index (χ2n) is 8.56. The van der Waals surface area contributed by atoms with Gasteiger partial charge < -0.3 is 10.2 Å². The fraction of sp³-hybridized carbons (Fsp3) is 0.458. The third kappa shape index (κ3) is 2.70. The highest BCUT2D eigenvalue weighted by atomic mass is 16.2. The number of fused-ring (bicyclic) bond motifs is 3. The van der Waals surface area contributed by atoms with Crippen LogP contribution in [-0.4, -0.2) is 34.3 Å². The molecule has 1 aliphatic carbocycles. The zero-order valence-electron chi connectivity index (χ0n) is 16.9. The van der Waals surface area contributed by atoms with Gasteiger partial charge in [0.05, 0.1) is 17.0 Å². The molecule has 2 aromatic rings. The predicted molar refractivity (Wildman–Crippen MR) is 112 cm³/mol. The number of carbonyl (C=O) groups excluding carboxylic acids is 2. The Morgan fingerprint density at radius 1 is 1.28 bits per heavy atom. The van der Waals surface area contributed by atoms with Crippen molar-refractivity contribution in [3.8, 4) is 0 Å². The van der Waals surface area contributed by atoms with E-state index in [4.69, 9.17) is 0 Å². The zero-order valence-corrected chi connectivity index (χ0v) is 16.9. The lowest BCUT2D eigenvalue weighted by Crippen LogP contribution is -2.48. The van der Waals surface area contributed by atoms with Crippen LogP contribution in [0.4, 0.5) is 5.69 Å². The minimum Gasteiger partial charge on any atom is -0.334 e. The predicted octanol–water partition coefficient (Wildman–Crippen LogP) is 3.87. The van der Waals surface area contributed by atoms with Crippen LogP contribution < -0.4 is 5.32 Å². The first-order valence-electron chi connectivity index (χ1n) is 10.8. The number of rotatable bonds is 3. The average Bonchev–Trinajstić information content (AvgIpc) is 3.27. The van der Waals surface area contributed by atoms with Crippen LogP contribution in [0, 0.1) is 0 Å². The second kappa shape index (κ2) is 6.97. The van der Waals surface area contributed by atoms with E-state index in [9.17, 15) is 9.59 Å². The van der Waals surface area contributed by atoms with E-state index < -0.39 is 5.41 Å². The number of hydrogen-bond acceptors (Lipinski definition) is 3. The van der Waals surface area contributed by atoms with Crippen LogP contribution in [0.15, 0.2) is 36.5 Å². The van der Waals surface area contributed by atoms with Crippen LogP contribution in [0.25, 0.3) is 0 Å². The minimum atomic E-state index is -0.635. The van der Waals surface area contributed by atoms with Crippen LogP contribution in [0.1, 0.15) is 66.2 Å². The topological polar surface area (TPSA) is 62.3 Å². The third-order valence-electron chi connectivity index (χ3n) is 6.99. The molecule has 0 saturated carbocycles. The number of para-hydroxylation sites is 1. The summed E-state index contributed by atoms with van der Waals surface area (Å²) in [7, 11) is 0. The molecule has 150 valence electrons. The molecule has 1 N–H and O–H groups in total. The molecule has 2 aliphatic heterocycles. The summed E-state index contributed by atoms with van der Waals surface area (Å²) in [6.07, 6.45) is 8.49. The number of amides is 2. The summed E-state index contributed by atoms with van der Waals surface area (Å²) in [4.78, 5) is 33.2. The average molecular weight is 389 g/mol. The van der Waals surface area contributed by atoms with Crippen LogP contribution in [0.3, 0.4) is 0 Å². The Balaban J connectivity index is 1.52. The molecule has 3 aliphatic rings. The molecule has 29 heavy (non-hydrogen) atoms. The van der Waals surface area contributed by atoms with Crippen LogP contribution in [-0.2, 0) is 23.1 Å². The summed E-state index contributed by atoms with van der Waals surface area (Å²) in [6.45, 7) is 2.72. The molecule has 2 atom stereocenters. The Morgan fingerprint density at radius 2 is 2.10 bits per heavy atom. The van der Waals surface area contributed by atoms with Crippen molar-refractivity contribution in [2.75, 3.05) is 11.9 Å². The van der Waals surface area contributed by atoms with Gasteiger partial charge in [-0.05, 0) is 61.8 Å². The number of anilines is 1. The number of pyridine rings is 1. The maximum Gasteiger partial charge on any atom is 0.255 e. The number of nitrogens with zero attached hydrogens (tertiary/aromatic N) is 2. The largest absolute Gasteiger partial charge is 0.334 e. The van der Waals surface area contributed by atoms with Gasteiger partial charge in [-0.1, -0.05) is 31.5 Å². The van der Waals surface area contributed by atoms with Gasteiger partial charge in [0.15, 0.2) is 0 Å². The van der Waals surface area contributed by atoms with Crippen molar-refractivity contribution in [3.63, 3.8) is 0 Å². The molecule has 1 spiro atoms. The first kappa shape index (κ1) is 18.3. The molecule has 0 unspecified atom stereocenters. The van der Waals surface area contributed by atoms with E-state index in [0.29, 0.717) is 18.5 Å². The molecule has 3 heterocycles. The maximum absolute atomic E-state index is 13.5. The fourth-order valence-corrected chi connectivity index (χ4v) is 5.59. The van der Waals surface area contributed by atoms with Crippen molar-refractivity contribution in [3.05, 3.63) is 58.9 Å². The molecule has 0 bridgehead atoms. The highest BCUT2D eigenvalue weighted by Crippen LogP contribution is 2.49. The standard InChI is InChI=1S/C24H27N3O2/c1-2-7-21-24(18-9-4-6-11-20(18)26-23(24)29)12-13-27(21)22(28)17-14-16-8-3-5-10-19(16)25-15-17/h4,6,9,11,14-15,21H,2-3,5,7-8,10,12-13H2,1H3,(H,26,29)/t21-,24+/m0/s1. The Labute approximate surface area is 171 Å². The summed E-state index contributed by atoms with van der Waals surface area (Å²) in [5, 5.41) is 3.07. The number of carbonyl (C=O) groups is 2. The van der Waals surface area contributed by atoms with Gasteiger partial charge >= 0.3 is 0 Å². The van der Waals surface area contributed by atoms with Crippen LogP contribution >= 0.6 is 0 Å². The van der Waals surface area contributed by atoms with Gasteiger partial charge in [-0.2, -0.15) is 0 Å². The monoisotopic (exact) mass is 389 g/mol.